The van der Waals surface area contributed by atoms with Crippen LogP contribution in [0.4, 0.5) is 5.69 Å². The summed E-state index contributed by atoms with van der Waals surface area (Å²) in [7, 11) is 2.00. The standard InChI is InChI=1S/C22H30ClN3O/c1-6-26(5)15-24-21-14-20(18-9-11-19(23)12-10-18)22(25-17(21)4)27-13-7-8-16(2)3/h9-12,14-16H,6-8,13H2,1-5H3/b24-15+. The van der Waals surface area contributed by atoms with Gasteiger partial charge in [-0.1, -0.05) is 37.6 Å². The second-order valence-corrected chi connectivity index (χ2v) is 7.59. The third-order valence-corrected chi connectivity index (χ3v) is 4.62. The first kappa shape index (κ1) is 21.2. The monoisotopic (exact) mass is 387 g/mol. The molecule has 0 saturated carbocycles. The number of rotatable bonds is 9. The Labute approximate surface area is 168 Å². The zero-order valence-corrected chi connectivity index (χ0v) is 17.8. The van der Waals surface area contributed by atoms with Gasteiger partial charge in [-0.25, -0.2) is 9.98 Å². The lowest BCUT2D eigenvalue weighted by Crippen LogP contribution is -2.14. The maximum Gasteiger partial charge on any atom is 0.221 e. The molecule has 2 rings (SSSR count). The lowest BCUT2D eigenvalue weighted by molar-refractivity contribution is 0.288. The van der Waals surface area contributed by atoms with E-state index < -0.39 is 0 Å². The van der Waals surface area contributed by atoms with Crippen LogP contribution in [-0.2, 0) is 0 Å². The SMILES string of the molecule is CCN(C)/C=N/c1cc(-c2ccc(Cl)cc2)c(OCCCC(C)C)nc1C. The van der Waals surface area contributed by atoms with Crippen LogP contribution in [0, 0.1) is 12.8 Å². The van der Waals surface area contributed by atoms with E-state index in [9.17, 15) is 0 Å². The largest absolute Gasteiger partial charge is 0.477 e. The molecule has 2 aromatic rings. The van der Waals surface area contributed by atoms with Gasteiger partial charge in [0.25, 0.3) is 0 Å². The van der Waals surface area contributed by atoms with Crippen molar-refractivity contribution in [2.75, 3.05) is 20.2 Å². The predicted molar refractivity (Wildman–Crippen MR) is 115 cm³/mol. The summed E-state index contributed by atoms with van der Waals surface area (Å²) in [4.78, 5) is 11.3. The zero-order chi connectivity index (χ0) is 19.8. The van der Waals surface area contributed by atoms with Crippen LogP contribution < -0.4 is 4.74 Å². The van der Waals surface area contributed by atoms with Crippen molar-refractivity contribution in [3.63, 3.8) is 0 Å². The van der Waals surface area contributed by atoms with Crippen molar-refractivity contribution in [1.82, 2.24) is 9.88 Å². The minimum Gasteiger partial charge on any atom is -0.477 e. The quantitative estimate of drug-likeness (QED) is 0.294. The molecule has 0 atom stereocenters. The molecular formula is C22H30ClN3O. The predicted octanol–water partition coefficient (Wildman–Crippen LogP) is 6.14. The molecule has 0 radical (unpaired) electrons. The minimum absolute atomic E-state index is 0.654. The smallest absolute Gasteiger partial charge is 0.221 e. The molecule has 0 spiro atoms. The maximum absolute atomic E-state index is 6.05. The molecule has 146 valence electrons. The molecule has 5 heteroatoms. The molecule has 0 aliphatic rings. The van der Waals surface area contributed by atoms with Crippen molar-refractivity contribution in [3.05, 3.63) is 41.0 Å². The Morgan fingerprint density at radius 1 is 1.26 bits per heavy atom. The number of aryl methyl sites for hydroxylation is 1. The third kappa shape index (κ3) is 6.55. The van der Waals surface area contributed by atoms with Crippen molar-refractivity contribution in [2.24, 2.45) is 10.9 Å². The first-order valence-electron chi connectivity index (χ1n) is 9.55. The van der Waals surface area contributed by atoms with E-state index in [1.54, 1.807) is 0 Å². The van der Waals surface area contributed by atoms with Gasteiger partial charge in [0.15, 0.2) is 0 Å². The van der Waals surface area contributed by atoms with Crippen molar-refractivity contribution < 1.29 is 4.74 Å². The van der Waals surface area contributed by atoms with Crippen LogP contribution in [0.3, 0.4) is 0 Å². The van der Waals surface area contributed by atoms with Crippen LogP contribution in [-0.4, -0.2) is 36.4 Å². The van der Waals surface area contributed by atoms with E-state index in [2.05, 4.69) is 25.8 Å². The Kier molecular flexibility index (Phi) is 8.11. The molecule has 1 aromatic heterocycles. The molecule has 1 heterocycles. The van der Waals surface area contributed by atoms with Gasteiger partial charge >= 0.3 is 0 Å². The van der Waals surface area contributed by atoms with Crippen LogP contribution in [0.1, 0.15) is 39.3 Å². The number of hydrogen-bond acceptors (Lipinski definition) is 3. The van der Waals surface area contributed by atoms with Gasteiger partial charge in [0.2, 0.25) is 5.88 Å². The highest BCUT2D eigenvalue weighted by atomic mass is 35.5. The van der Waals surface area contributed by atoms with Gasteiger partial charge in [0.1, 0.15) is 0 Å². The minimum atomic E-state index is 0.654. The van der Waals surface area contributed by atoms with E-state index in [1.807, 2.05) is 55.5 Å². The molecule has 0 unspecified atom stereocenters. The van der Waals surface area contributed by atoms with Crippen LogP contribution in [0.5, 0.6) is 5.88 Å². The summed E-state index contributed by atoms with van der Waals surface area (Å²) < 4.78 is 6.05. The fourth-order valence-electron chi connectivity index (χ4n) is 2.55. The number of hydrogen-bond donors (Lipinski definition) is 0. The highest BCUT2D eigenvalue weighted by molar-refractivity contribution is 6.30. The summed E-state index contributed by atoms with van der Waals surface area (Å²) in [6.07, 6.45) is 3.99. The highest BCUT2D eigenvalue weighted by Crippen LogP contribution is 2.34. The molecule has 0 amide bonds. The molecule has 0 aliphatic carbocycles. The molecule has 0 aliphatic heterocycles. The molecule has 0 saturated heterocycles. The zero-order valence-electron chi connectivity index (χ0n) is 17.0. The van der Waals surface area contributed by atoms with Crippen LogP contribution in [0.15, 0.2) is 35.3 Å². The Morgan fingerprint density at radius 3 is 2.59 bits per heavy atom. The summed E-state index contributed by atoms with van der Waals surface area (Å²) in [6.45, 7) is 10.1. The normalized spacial score (nSPS) is 11.4. The Hall–Kier alpha value is -2.07. The van der Waals surface area contributed by atoms with E-state index in [4.69, 9.17) is 21.3 Å². The second-order valence-electron chi connectivity index (χ2n) is 7.15. The lowest BCUT2D eigenvalue weighted by Gasteiger charge is -2.14. The van der Waals surface area contributed by atoms with E-state index in [0.29, 0.717) is 23.4 Å². The second kappa shape index (κ2) is 10.3. The van der Waals surface area contributed by atoms with Gasteiger partial charge in [0, 0.05) is 24.2 Å². The first-order chi connectivity index (χ1) is 12.9. The number of ether oxygens (including phenoxy) is 1. The number of aliphatic imine (C=N–C) groups is 1. The number of halogens is 1. The van der Waals surface area contributed by atoms with E-state index in [1.165, 1.54) is 0 Å². The van der Waals surface area contributed by atoms with Crippen LogP contribution >= 0.6 is 11.6 Å². The van der Waals surface area contributed by atoms with Gasteiger partial charge in [0.05, 0.1) is 24.3 Å². The lowest BCUT2D eigenvalue weighted by atomic mass is 10.1. The van der Waals surface area contributed by atoms with Gasteiger partial charge in [-0.15, -0.1) is 0 Å². The van der Waals surface area contributed by atoms with Gasteiger partial charge in [-0.05, 0) is 56.4 Å². The fourth-order valence-corrected chi connectivity index (χ4v) is 2.68. The molecule has 1 aromatic carbocycles. The van der Waals surface area contributed by atoms with E-state index in [-0.39, 0.29) is 0 Å². The van der Waals surface area contributed by atoms with Crippen molar-refractivity contribution in [3.8, 4) is 17.0 Å². The molecule has 27 heavy (non-hydrogen) atoms. The van der Waals surface area contributed by atoms with Crippen LogP contribution in [0.2, 0.25) is 5.02 Å². The molecule has 0 fully saturated rings. The van der Waals surface area contributed by atoms with Crippen molar-refractivity contribution in [2.45, 2.75) is 40.5 Å². The molecular weight excluding hydrogens is 358 g/mol. The van der Waals surface area contributed by atoms with Gasteiger partial charge in [-0.3, -0.25) is 0 Å². The van der Waals surface area contributed by atoms with Gasteiger partial charge < -0.3 is 9.64 Å². The Bertz CT molecular complexity index is 757. The van der Waals surface area contributed by atoms with E-state index >= 15 is 0 Å². The third-order valence-electron chi connectivity index (χ3n) is 4.36. The average Bonchev–Trinajstić information content (AvgIpc) is 2.64. The van der Waals surface area contributed by atoms with Gasteiger partial charge in [-0.2, -0.15) is 0 Å². The van der Waals surface area contributed by atoms with Crippen molar-refractivity contribution >= 4 is 23.6 Å². The fraction of sp³-hybridized carbons (Fsp3) is 0.455. The summed E-state index contributed by atoms with van der Waals surface area (Å²) in [5.74, 6) is 1.33. The van der Waals surface area contributed by atoms with Crippen LogP contribution in [0.25, 0.3) is 11.1 Å². The number of aromatic nitrogens is 1. The molecule has 0 N–H and O–H groups in total. The Balaban J connectivity index is 2.34. The number of benzene rings is 1. The Morgan fingerprint density at radius 2 is 1.96 bits per heavy atom. The number of pyridine rings is 1. The highest BCUT2D eigenvalue weighted by Gasteiger charge is 2.13. The summed E-state index contributed by atoms with van der Waals surface area (Å²) in [5, 5.41) is 0.709. The van der Waals surface area contributed by atoms with E-state index in [0.717, 1.165) is 41.9 Å². The maximum atomic E-state index is 6.05. The first-order valence-corrected chi connectivity index (χ1v) is 9.93. The topological polar surface area (TPSA) is 37.7 Å². The van der Waals surface area contributed by atoms with Crippen molar-refractivity contribution in [1.29, 1.82) is 0 Å². The summed E-state index contributed by atoms with van der Waals surface area (Å²) in [6, 6.07) is 9.78. The summed E-state index contributed by atoms with van der Waals surface area (Å²) >= 11 is 6.05. The number of nitrogens with zero attached hydrogens (tertiary/aromatic N) is 3. The molecule has 4 nitrogen and oxygen atoms in total. The molecule has 0 bridgehead atoms. The average molecular weight is 388 g/mol. The summed E-state index contributed by atoms with van der Waals surface area (Å²) in [5.41, 5.74) is 3.65.